The molecule has 2 rings (SSSR count). The van der Waals surface area contributed by atoms with E-state index in [2.05, 4.69) is 15.3 Å². The lowest BCUT2D eigenvalue weighted by molar-refractivity contribution is 0.633. The van der Waals surface area contributed by atoms with Crippen LogP contribution in [0, 0.1) is 5.82 Å². The number of imidazole rings is 1. The zero-order chi connectivity index (χ0) is 11.4. The molecule has 0 fully saturated rings. The quantitative estimate of drug-likeness (QED) is 0.688. The van der Waals surface area contributed by atoms with E-state index < -0.39 is 5.82 Å². The Labute approximate surface area is 92.7 Å². The Bertz CT molecular complexity index is 453. The molecule has 1 heterocycles. The van der Waals surface area contributed by atoms with Crippen molar-refractivity contribution in [2.45, 2.75) is 6.42 Å². The molecule has 2 aromatic rings. The summed E-state index contributed by atoms with van der Waals surface area (Å²) < 4.78 is 13.1. The summed E-state index contributed by atoms with van der Waals surface area (Å²) >= 11 is 0. The molecule has 16 heavy (non-hydrogen) atoms. The second kappa shape index (κ2) is 4.65. The molecule has 0 atom stereocenters. The fourth-order valence-corrected chi connectivity index (χ4v) is 1.44. The standard InChI is InChI=1S/C11H13FN4/c12-9-2-1-3-10(11(9)13)15-5-4-8-6-14-7-16-8/h1-3,6-7,15H,4-5,13H2,(H,14,16). The van der Waals surface area contributed by atoms with Crippen molar-refractivity contribution >= 4 is 11.4 Å². The Hall–Kier alpha value is -2.04. The van der Waals surface area contributed by atoms with Crippen LogP contribution < -0.4 is 11.1 Å². The third-order valence-corrected chi connectivity index (χ3v) is 2.32. The minimum absolute atomic E-state index is 0.159. The molecule has 5 heteroatoms. The van der Waals surface area contributed by atoms with Crippen molar-refractivity contribution in [3.05, 3.63) is 42.2 Å². The highest BCUT2D eigenvalue weighted by atomic mass is 19.1. The van der Waals surface area contributed by atoms with Gasteiger partial charge >= 0.3 is 0 Å². The molecular weight excluding hydrogens is 207 g/mol. The number of nitrogen functional groups attached to an aromatic ring is 1. The molecule has 0 amide bonds. The van der Waals surface area contributed by atoms with Gasteiger partial charge < -0.3 is 16.0 Å². The van der Waals surface area contributed by atoms with Crippen molar-refractivity contribution in [1.29, 1.82) is 0 Å². The second-order valence-corrected chi connectivity index (χ2v) is 3.45. The van der Waals surface area contributed by atoms with Gasteiger partial charge in [-0.05, 0) is 12.1 Å². The first-order valence-electron chi connectivity index (χ1n) is 5.02. The van der Waals surface area contributed by atoms with Gasteiger partial charge in [-0.25, -0.2) is 9.37 Å². The largest absolute Gasteiger partial charge is 0.395 e. The molecule has 84 valence electrons. The number of para-hydroxylation sites is 1. The van der Waals surface area contributed by atoms with Crippen molar-refractivity contribution in [3.8, 4) is 0 Å². The Kier molecular flexibility index (Phi) is 3.05. The predicted molar refractivity (Wildman–Crippen MR) is 61.6 cm³/mol. The molecule has 0 unspecified atom stereocenters. The van der Waals surface area contributed by atoms with Gasteiger partial charge in [0.05, 0.1) is 17.7 Å². The fraction of sp³-hybridized carbons (Fsp3) is 0.182. The number of H-pyrrole nitrogens is 1. The van der Waals surface area contributed by atoms with Crippen LogP contribution in [0.2, 0.25) is 0 Å². The van der Waals surface area contributed by atoms with Crippen molar-refractivity contribution < 1.29 is 4.39 Å². The van der Waals surface area contributed by atoms with Crippen LogP contribution in [0.15, 0.2) is 30.7 Å². The normalized spacial score (nSPS) is 10.3. The van der Waals surface area contributed by atoms with Gasteiger partial charge in [0.1, 0.15) is 5.82 Å². The second-order valence-electron chi connectivity index (χ2n) is 3.45. The van der Waals surface area contributed by atoms with Gasteiger partial charge in [-0.3, -0.25) is 0 Å². The summed E-state index contributed by atoms with van der Waals surface area (Å²) in [7, 11) is 0. The third-order valence-electron chi connectivity index (χ3n) is 2.32. The van der Waals surface area contributed by atoms with Gasteiger partial charge in [-0.1, -0.05) is 6.07 Å². The third kappa shape index (κ3) is 2.31. The summed E-state index contributed by atoms with van der Waals surface area (Å²) in [5.41, 5.74) is 7.40. The molecule has 0 bridgehead atoms. The van der Waals surface area contributed by atoms with Gasteiger partial charge in [0.15, 0.2) is 0 Å². The number of anilines is 2. The Morgan fingerprint density at radius 3 is 3.06 bits per heavy atom. The molecule has 0 aliphatic heterocycles. The lowest BCUT2D eigenvalue weighted by Crippen LogP contribution is -2.07. The highest BCUT2D eigenvalue weighted by molar-refractivity contribution is 5.66. The van der Waals surface area contributed by atoms with Gasteiger partial charge in [0.2, 0.25) is 0 Å². The number of nitrogens with one attached hydrogen (secondary N) is 2. The summed E-state index contributed by atoms with van der Waals surface area (Å²) in [6, 6.07) is 4.73. The SMILES string of the molecule is Nc1c(F)cccc1NCCc1cnc[nH]1. The summed E-state index contributed by atoms with van der Waals surface area (Å²) in [6.07, 6.45) is 4.18. The maximum Gasteiger partial charge on any atom is 0.148 e. The van der Waals surface area contributed by atoms with E-state index >= 15 is 0 Å². The number of nitrogens with two attached hydrogens (primary N) is 1. The Morgan fingerprint density at radius 2 is 2.31 bits per heavy atom. The van der Waals surface area contributed by atoms with Crippen LogP contribution in [0.1, 0.15) is 5.69 Å². The zero-order valence-electron chi connectivity index (χ0n) is 8.70. The highest BCUT2D eigenvalue weighted by Gasteiger charge is 2.03. The molecule has 1 aromatic heterocycles. The van der Waals surface area contributed by atoms with E-state index in [1.165, 1.54) is 6.07 Å². The highest BCUT2D eigenvalue weighted by Crippen LogP contribution is 2.20. The first-order valence-corrected chi connectivity index (χ1v) is 5.02. The first-order chi connectivity index (χ1) is 7.77. The molecule has 0 spiro atoms. The lowest BCUT2D eigenvalue weighted by atomic mass is 10.2. The molecule has 0 aliphatic carbocycles. The van der Waals surface area contributed by atoms with Crippen LogP contribution >= 0.6 is 0 Å². The van der Waals surface area contributed by atoms with Gasteiger partial charge in [-0.2, -0.15) is 0 Å². The van der Waals surface area contributed by atoms with Gasteiger partial charge in [0.25, 0.3) is 0 Å². The zero-order valence-corrected chi connectivity index (χ0v) is 8.70. The molecular formula is C11H13FN4. The summed E-state index contributed by atoms with van der Waals surface area (Å²) in [4.78, 5) is 6.90. The van der Waals surface area contributed by atoms with Crippen molar-refractivity contribution in [3.63, 3.8) is 0 Å². The lowest BCUT2D eigenvalue weighted by Gasteiger charge is -2.08. The van der Waals surface area contributed by atoms with Crippen LogP contribution in [-0.2, 0) is 6.42 Å². The van der Waals surface area contributed by atoms with E-state index in [4.69, 9.17) is 5.73 Å². The van der Waals surface area contributed by atoms with Crippen molar-refractivity contribution in [2.24, 2.45) is 0 Å². The van der Waals surface area contributed by atoms with Crippen molar-refractivity contribution in [2.75, 3.05) is 17.6 Å². The molecule has 4 nitrogen and oxygen atoms in total. The maximum absolute atomic E-state index is 13.1. The van der Waals surface area contributed by atoms with Crippen LogP contribution in [0.5, 0.6) is 0 Å². The number of hydrogen-bond donors (Lipinski definition) is 3. The molecule has 0 saturated heterocycles. The summed E-state index contributed by atoms with van der Waals surface area (Å²) in [5.74, 6) is -0.397. The molecule has 0 radical (unpaired) electrons. The number of rotatable bonds is 4. The minimum atomic E-state index is -0.397. The summed E-state index contributed by atoms with van der Waals surface area (Å²) in [6.45, 7) is 0.676. The van der Waals surface area contributed by atoms with Gasteiger partial charge in [-0.15, -0.1) is 0 Å². The Balaban J connectivity index is 1.92. The average Bonchev–Trinajstić information content (AvgIpc) is 2.77. The van der Waals surface area contributed by atoms with Crippen LogP contribution in [0.25, 0.3) is 0 Å². The van der Waals surface area contributed by atoms with E-state index in [1.807, 2.05) is 0 Å². The number of benzene rings is 1. The smallest absolute Gasteiger partial charge is 0.148 e. The van der Waals surface area contributed by atoms with Gasteiger partial charge in [0, 0.05) is 24.9 Å². The monoisotopic (exact) mass is 220 g/mol. The fourth-order valence-electron chi connectivity index (χ4n) is 1.44. The number of halogens is 1. The summed E-state index contributed by atoms with van der Waals surface area (Å²) in [5, 5.41) is 3.08. The Morgan fingerprint density at radius 1 is 1.44 bits per heavy atom. The van der Waals surface area contributed by atoms with E-state index in [-0.39, 0.29) is 5.69 Å². The number of aromatic amines is 1. The van der Waals surface area contributed by atoms with E-state index in [0.29, 0.717) is 12.2 Å². The molecule has 0 aliphatic rings. The number of hydrogen-bond acceptors (Lipinski definition) is 3. The van der Waals surface area contributed by atoms with E-state index in [9.17, 15) is 4.39 Å². The molecule has 1 aromatic carbocycles. The topological polar surface area (TPSA) is 66.7 Å². The maximum atomic E-state index is 13.1. The number of aromatic nitrogens is 2. The first kappa shape index (κ1) is 10.5. The van der Waals surface area contributed by atoms with Crippen LogP contribution in [-0.4, -0.2) is 16.5 Å². The number of nitrogens with zero attached hydrogens (tertiary/aromatic N) is 1. The van der Waals surface area contributed by atoms with E-state index in [0.717, 1.165) is 12.1 Å². The molecule has 4 N–H and O–H groups in total. The molecule has 0 saturated carbocycles. The van der Waals surface area contributed by atoms with Crippen LogP contribution in [0.3, 0.4) is 0 Å². The van der Waals surface area contributed by atoms with Crippen LogP contribution in [0.4, 0.5) is 15.8 Å². The predicted octanol–water partition coefficient (Wildman–Crippen LogP) is 1.79. The van der Waals surface area contributed by atoms with Crippen molar-refractivity contribution in [1.82, 2.24) is 9.97 Å². The average molecular weight is 220 g/mol. The van der Waals surface area contributed by atoms with E-state index in [1.54, 1.807) is 24.7 Å². The minimum Gasteiger partial charge on any atom is -0.395 e.